The van der Waals surface area contributed by atoms with Crippen LogP contribution in [0.3, 0.4) is 0 Å². The van der Waals surface area contributed by atoms with Crippen LogP contribution in [0.4, 0.5) is 0 Å². The zero-order chi connectivity index (χ0) is 33.7. The van der Waals surface area contributed by atoms with E-state index in [4.69, 9.17) is 18.9 Å². The number of allylic oxidation sites excluding steroid dienone is 1. The summed E-state index contributed by atoms with van der Waals surface area (Å²) in [4.78, 5) is 32.8. The average molecular weight is 682 g/mol. The SMILES string of the molecule is CC1CN2CC3CCC4=C5C6(CCC57C(=O)C1CC2C37C)CC4C1OC(OC2OC(CO)C(O)C(O)C2O)C2C(CO)=CC3OC(=O)C16C32. The van der Waals surface area contributed by atoms with E-state index in [1.54, 1.807) is 0 Å². The van der Waals surface area contributed by atoms with Gasteiger partial charge in [0.1, 0.15) is 41.7 Å². The minimum absolute atomic E-state index is 0.0200. The quantitative estimate of drug-likeness (QED) is 0.199. The molecule has 5 heterocycles. The van der Waals surface area contributed by atoms with Gasteiger partial charge in [0.05, 0.1) is 24.7 Å². The summed E-state index contributed by atoms with van der Waals surface area (Å²) in [6.07, 6.45) is -2.82. The van der Waals surface area contributed by atoms with Crippen molar-refractivity contribution in [1.29, 1.82) is 0 Å². The molecule has 266 valence electrons. The zero-order valence-corrected chi connectivity index (χ0v) is 27.9. The largest absolute Gasteiger partial charge is 0.457 e. The molecule has 0 radical (unpaired) electrons. The second-order valence-corrected chi connectivity index (χ2v) is 17.8. The van der Waals surface area contributed by atoms with Gasteiger partial charge < -0.3 is 44.5 Å². The predicted molar refractivity (Wildman–Crippen MR) is 166 cm³/mol. The number of rotatable bonds is 4. The summed E-state index contributed by atoms with van der Waals surface area (Å²) < 4.78 is 25.5. The highest BCUT2D eigenvalue weighted by atomic mass is 16.8. The van der Waals surface area contributed by atoms with E-state index in [-0.39, 0.29) is 29.8 Å². The van der Waals surface area contributed by atoms with Crippen LogP contribution in [0.1, 0.15) is 52.4 Å². The Morgan fingerprint density at radius 3 is 2.61 bits per heavy atom. The average Bonchev–Trinajstić information content (AvgIpc) is 3.88. The molecule has 12 heteroatoms. The lowest BCUT2D eigenvalue weighted by molar-refractivity contribution is -0.366. The second kappa shape index (κ2) is 9.43. The first kappa shape index (κ1) is 30.8. The minimum atomic E-state index is -1.63. The molecule has 8 fully saturated rings. The van der Waals surface area contributed by atoms with E-state index >= 15 is 4.79 Å². The van der Waals surface area contributed by atoms with Crippen LogP contribution in [0.2, 0.25) is 0 Å². The van der Waals surface area contributed by atoms with Crippen LogP contribution in [0.15, 0.2) is 22.8 Å². The fourth-order valence-corrected chi connectivity index (χ4v) is 15.3. The molecular formula is C37H47NO11. The highest BCUT2D eigenvalue weighted by molar-refractivity contribution is 5.96. The molecule has 5 N–H and O–H groups in total. The summed E-state index contributed by atoms with van der Waals surface area (Å²) >= 11 is 0. The Kier molecular flexibility index (Phi) is 5.93. The molecule has 0 aromatic heterocycles. The lowest BCUT2D eigenvalue weighted by atomic mass is 9.43. The summed E-state index contributed by atoms with van der Waals surface area (Å²) in [6.45, 7) is 5.76. The van der Waals surface area contributed by atoms with Gasteiger partial charge in [0.15, 0.2) is 12.6 Å². The molecule has 4 bridgehead atoms. The lowest BCUT2D eigenvalue weighted by Crippen LogP contribution is -2.67. The number of carbonyl (C=O) groups is 2. The molecule has 11 rings (SSSR count). The number of hydrogen-bond acceptors (Lipinski definition) is 12. The van der Waals surface area contributed by atoms with Crippen molar-refractivity contribution < 1.29 is 54.1 Å². The third-order valence-electron chi connectivity index (χ3n) is 16.9. The van der Waals surface area contributed by atoms with E-state index in [0.29, 0.717) is 29.2 Å². The summed E-state index contributed by atoms with van der Waals surface area (Å²) in [5.41, 5.74) is 0.720. The Balaban J connectivity index is 1.06. The first-order valence-electron chi connectivity index (χ1n) is 18.7. The van der Waals surface area contributed by atoms with Crippen molar-refractivity contribution in [2.75, 3.05) is 26.3 Å². The molecule has 5 aliphatic heterocycles. The van der Waals surface area contributed by atoms with Crippen LogP contribution in [-0.4, -0.2) is 124 Å². The number of esters is 1. The Morgan fingerprint density at radius 2 is 1.84 bits per heavy atom. The molecule has 19 atom stereocenters. The monoisotopic (exact) mass is 681 g/mol. The number of ketones is 1. The summed E-state index contributed by atoms with van der Waals surface area (Å²) in [5, 5.41) is 52.4. The molecule has 3 spiro atoms. The van der Waals surface area contributed by atoms with Crippen molar-refractivity contribution in [3.8, 4) is 0 Å². The maximum absolute atomic E-state index is 15.3. The highest BCUT2D eigenvalue weighted by Crippen LogP contribution is 2.87. The number of aliphatic hydroxyl groups is 5. The van der Waals surface area contributed by atoms with Crippen molar-refractivity contribution in [2.45, 2.75) is 108 Å². The number of ether oxygens (including phenoxy) is 4. The maximum atomic E-state index is 15.3. The molecule has 0 aromatic rings. The van der Waals surface area contributed by atoms with Gasteiger partial charge >= 0.3 is 5.97 Å². The van der Waals surface area contributed by atoms with Crippen LogP contribution >= 0.6 is 0 Å². The van der Waals surface area contributed by atoms with Crippen LogP contribution in [0.25, 0.3) is 0 Å². The van der Waals surface area contributed by atoms with E-state index in [1.807, 2.05) is 6.08 Å². The first-order chi connectivity index (χ1) is 23.5. The molecule has 12 nitrogen and oxygen atoms in total. The third-order valence-corrected chi connectivity index (χ3v) is 16.9. The van der Waals surface area contributed by atoms with Gasteiger partial charge in [0.2, 0.25) is 0 Å². The van der Waals surface area contributed by atoms with Crippen LogP contribution in [-0.2, 0) is 28.5 Å². The molecule has 0 amide bonds. The molecule has 19 unspecified atom stereocenters. The number of fused-ring (bicyclic) bond motifs is 4. The van der Waals surface area contributed by atoms with Gasteiger partial charge in [-0.2, -0.15) is 0 Å². The van der Waals surface area contributed by atoms with Crippen LogP contribution < -0.4 is 0 Å². The van der Waals surface area contributed by atoms with E-state index in [2.05, 4.69) is 18.7 Å². The van der Waals surface area contributed by atoms with Gasteiger partial charge in [-0.25, -0.2) is 0 Å². The fraction of sp³-hybridized carbons (Fsp3) is 0.838. The van der Waals surface area contributed by atoms with Gasteiger partial charge in [-0.1, -0.05) is 19.4 Å². The van der Waals surface area contributed by atoms with E-state index in [0.717, 1.165) is 51.6 Å². The van der Waals surface area contributed by atoms with E-state index < -0.39 is 83.9 Å². The van der Waals surface area contributed by atoms with Crippen molar-refractivity contribution in [3.05, 3.63) is 22.8 Å². The normalized spacial score (nSPS) is 60.3. The Labute approximate surface area is 284 Å². The number of carbonyl (C=O) groups excluding carboxylic acids is 2. The van der Waals surface area contributed by atoms with Crippen LogP contribution in [0.5, 0.6) is 0 Å². The van der Waals surface area contributed by atoms with Crippen molar-refractivity contribution in [3.63, 3.8) is 0 Å². The van der Waals surface area contributed by atoms with Crippen molar-refractivity contribution >= 4 is 11.8 Å². The fourth-order valence-electron chi connectivity index (χ4n) is 15.3. The van der Waals surface area contributed by atoms with Gasteiger partial charge in [0, 0.05) is 53.6 Å². The molecule has 0 aromatic carbocycles. The van der Waals surface area contributed by atoms with Crippen LogP contribution in [0, 0.1) is 57.2 Å². The Hall–Kier alpha value is -1.74. The molecule has 3 saturated carbocycles. The minimum Gasteiger partial charge on any atom is -0.457 e. The number of nitrogens with zero attached hydrogens (tertiary/aromatic N) is 1. The first-order valence-corrected chi connectivity index (χ1v) is 18.7. The summed E-state index contributed by atoms with van der Waals surface area (Å²) in [6, 6.07) is 0.356. The topological polar surface area (TPSA) is 175 Å². The number of hydrogen-bond donors (Lipinski definition) is 5. The molecule has 5 saturated heterocycles. The van der Waals surface area contributed by atoms with E-state index in [1.165, 1.54) is 11.1 Å². The number of aliphatic hydroxyl groups excluding tert-OH is 5. The summed E-state index contributed by atoms with van der Waals surface area (Å²) in [7, 11) is 0. The zero-order valence-electron chi connectivity index (χ0n) is 27.9. The van der Waals surface area contributed by atoms with Gasteiger partial charge in [0.25, 0.3) is 0 Å². The molecule has 49 heavy (non-hydrogen) atoms. The number of piperidine rings is 1. The van der Waals surface area contributed by atoms with Crippen molar-refractivity contribution in [1.82, 2.24) is 4.90 Å². The Bertz CT molecular complexity index is 1630. The predicted octanol–water partition coefficient (Wildman–Crippen LogP) is 0.0402. The molecule has 11 aliphatic rings. The van der Waals surface area contributed by atoms with Gasteiger partial charge in [-0.05, 0) is 67.6 Å². The number of Topliss-reactive ketones (excluding diaryl/α,β-unsaturated/α-hetero) is 1. The molecule has 6 aliphatic carbocycles. The lowest BCUT2D eigenvalue weighted by Gasteiger charge is -2.61. The maximum Gasteiger partial charge on any atom is 0.316 e. The smallest absolute Gasteiger partial charge is 0.316 e. The second-order valence-electron chi connectivity index (χ2n) is 17.8. The summed E-state index contributed by atoms with van der Waals surface area (Å²) in [5.74, 6) is -0.304. The van der Waals surface area contributed by atoms with Gasteiger partial charge in [-0.15, -0.1) is 0 Å². The standard InChI is InChI=1S/C37H47NO11/c1-14-10-38-11-16-3-4-17-19-9-35(5-6-36(28(17)35)29(44)18(14)8-22(38)34(16,36)2)37-24-20(47-33(37)45)7-15(12-39)23(24)31(48-30(19)37)49-32-27(43)26(42)25(41)21(13-40)46-32/h7,14,16,18-27,30-32,39-43H,3-6,8-13H2,1-2H3. The van der Waals surface area contributed by atoms with Gasteiger partial charge in [-0.3, -0.25) is 14.5 Å². The van der Waals surface area contributed by atoms with Crippen molar-refractivity contribution in [2.24, 2.45) is 57.2 Å². The highest BCUT2D eigenvalue weighted by Gasteiger charge is 2.89. The molecular weight excluding hydrogens is 634 g/mol. The van der Waals surface area contributed by atoms with E-state index in [9.17, 15) is 30.3 Å². The third kappa shape index (κ3) is 3.02. The Morgan fingerprint density at radius 1 is 1.02 bits per heavy atom.